The van der Waals surface area contributed by atoms with Gasteiger partial charge < -0.3 is 10.0 Å². The molecule has 4 heteroatoms. The van der Waals surface area contributed by atoms with Crippen LogP contribution in [0.15, 0.2) is 18.2 Å². The molecular formula is C18H23NO3. The zero-order chi connectivity index (χ0) is 15.9. The van der Waals surface area contributed by atoms with Crippen molar-refractivity contribution in [1.29, 1.82) is 0 Å². The fourth-order valence-electron chi connectivity index (χ4n) is 3.79. The molecule has 1 N–H and O–H groups in total. The highest BCUT2D eigenvalue weighted by molar-refractivity contribution is 5.86. The summed E-state index contributed by atoms with van der Waals surface area (Å²) in [5, 5.41) is 9.19. The summed E-state index contributed by atoms with van der Waals surface area (Å²) in [7, 11) is 0. The van der Waals surface area contributed by atoms with Gasteiger partial charge in [-0.3, -0.25) is 9.59 Å². The average Bonchev–Trinajstić information content (AvgIpc) is 2.89. The lowest BCUT2D eigenvalue weighted by Crippen LogP contribution is -2.45. The predicted molar refractivity (Wildman–Crippen MR) is 83.5 cm³/mol. The highest BCUT2D eigenvalue weighted by atomic mass is 16.4. The number of carboxylic acids is 1. The Morgan fingerprint density at radius 1 is 1.14 bits per heavy atom. The van der Waals surface area contributed by atoms with Crippen LogP contribution in [-0.4, -0.2) is 28.4 Å². The van der Waals surface area contributed by atoms with Crippen molar-refractivity contribution in [3.8, 4) is 0 Å². The van der Waals surface area contributed by atoms with Gasteiger partial charge in [-0.05, 0) is 56.2 Å². The first-order valence-electron chi connectivity index (χ1n) is 8.10. The lowest BCUT2D eigenvalue weighted by atomic mass is 9.72. The molecule has 1 aromatic carbocycles. The number of nitrogens with zero attached hydrogens (tertiary/aromatic N) is 1. The number of likely N-dealkylation sites (tertiary alicyclic amines) is 1. The van der Waals surface area contributed by atoms with Crippen LogP contribution in [-0.2, 0) is 9.59 Å². The summed E-state index contributed by atoms with van der Waals surface area (Å²) in [5.74, 6) is -1.58. The van der Waals surface area contributed by atoms with Crippen LogP contribution < -0.4 is 0 Å². The summed E-state index contributed by atoms with van der Waals surface area (Å²) in [6.45, 7) is 4.95. The van der Waals surface area contributed by atoms with Crippen LogP contribution in [0.3, 0.4) is 0 Å². The molecule has 0 spiro atoms. The zero-order valence-corrected chi connectivity index (χ0v) is 13.2. The van der Waals surface area contributed by atoms with Crippen molar-refractivity contribution in [1.82, 2.24) is 4.90 Å². The second-order valence-electron chi connectivity index (χ2n) is 6.61. The van der Waals surface area contributed by atoms with Gasteiger partial charge in [-0.2, -0.15) is 0 Å². The van der Waals surface area contributed by atoms with Crippen LogP contribution in [0.5, 0.6) is 0 Å². The van der Waals surface area contributed by atoms with Crippen molar-refractivity contribution in [2.45, 2.75) is 45.6 Å². The monoisotopic (exact) mass is 301 g/mol. The third-order valence-electron chi connectivity index (χ3n) is 5.45. The fourth-order valence-corrected chi connectivity index (χ4v) is 3.79. The number of carbonyl (C=O) groups is 2. The van der Waals surface area contributed by atoms with E-state index in [2.05, 4.69) is 26.0 Å². The summed E-state index contributed by atoms with van der Waals surface area (Å²) < 4.78 is 0. The van der Waals surface area contributed by atoms with E-state index in [1.165, 1.54) is 16.7 Å². The molecule has 1 aliphatic carbocycles. The minimum absolute atomic E-state index is 0.0436. The van der Waals surface area contributed by atoms with Gasteiger partial charge in [-0.25, -0.2) is 0 Å². The first kappa shape index (κ1) is 15.1. The molecule has 0 radical (unpaired) electrons. The molecule has 1 saturated carbocycles. The van der Waals surface area contributed by atoms with Crippen molar-refractivity contribution in [2.75, 3.05) is 6.54 Å². The Balaban J connectivity index is 1.83. The van der Waals surface area contributed by atoms with Crippen LogP contribution in [0.1, 0.15) is 48.4 Å². The number of carbonyl (C=O) groups excluding carboxylic acids is 1. The number of aryl methyl sites for hydroxylation is 1. The van der Waals surface area contributed by atoms with E-state index in [4.69, 9.17) is 0 Å². The lowest BCUT2D eigenvalue weighted by molar-refractivity contribution is -0.157. The Kier molecular flexibility index (Phi) is 3.94. The summed E-state index contributed by atoms with van der Waals surface area (Å²) >= 11 is 0. The Bertz CT molecular complexity index is 610. The topological polar surface area (TPSA) is 57.6 Å². The van der Waals surface area contributed by atoms with Gasteiger partial charge in [0.15, 0.2) is 0 Å². The lowest BCUT2D eigenvalue weighted by Gasteiger charge is -2.37. The number of carboxylic acid groups (broad SMARTS) is 1. The zero-order valence-electron chi connectivity index (χ0n) is 13.2. The molecule has 1 aromatic rings. The predicted octanol–water partition coefficient (Wildman–Crippen LogP) is 3.08. The van der Waals surface area contributed by atoms with Crippen LogP contribution in [0.4, 0.5) is 0 Å². The van der Waals surface area contributed by atoms with E-state index in [1.54, 1.807) is 0 Å². The van der Waals surface area contributed by atoms with Crippen molar-refractivity contribution >= 4 is 11.9 Å². The van der Waals surface area contributed by atoms with Gasteiger partial charge >= 0.3 is 5.97 Å². The second-order valence-corrected chi connectivity index (χ2v) is 6.61. The highest BCUT2D eigenvalue weighted by Gasteiger charge is 2.45. The van der Waals surface area contributed by atoms with Crippen molar-refractivity contribution < 1.29 is 14.7 Å². The van der Waals surface area contributed by atoms with Crippen LogP contribution in [0.25, 0.3) is 0 Å². The molecule has 1 amide bonds. The van der Waals surface area contributed by atoms with Crippen LogP contribution in [0.2, 0.25) is 0 Å². The third kappa shape index (κ3) is 2.40. The summed E-state index contributed by atoms with van der Waals surface area (Å²) in [6.07, 6.45) is 3.31. The Hall–Kier alpha value is -1.84. The van der Waals surface area contributed by atoms with Crippen LogP contribution in [0, 0.1) is 25.7 Å². The number of aliphatic carboxylic acids is 1. The Morgan fingerprint density at radius 2 is 1.86 bits per heavy atom. The minimum atomic E-state index is -0.827. The van der Waals surface area contributed by atoms with E-state index < -0.39 is 11.9 Å². The number of benzene rings is 1. The van der Waals surface area contributed by atoms with Crippen LogP contribution >= 0.6 is 0 Å². The van der Waals surface area contributed by atoms with E-state index >= 15 is 0 Å². The molecule has 0 bridgehead atoms. The van der Waals surface area contributed by atoms with E-state index in [0.717, 1.165) is 19.4 Å². The van der Waals surface area contributed by atoms with Gasteiger partial charge in [0.1, 0.15) is 0 Å². The van der Waals surface area contributed by atoms with E-state index in [9.17, 15) is 14.7 Å². The van der Waals surface area contributed by atoms with Gasteiger partial charge in [0.05, 0.1) is 17.9 Å². The molecule has 3 atom stereocenters. The third-order valence-corrected chi connectivity index (χ3v) is 5.45. The molecule has 3 unspecified atom stereocenters. The molecular weight excluding hydrogens is 278 g/mol. The van der Waals surface area contributed by atoms with Gasteiger partial charge in [0, 0.05) is 6.54 Å². The molecule has 4 nitrogen and oxygen atoms in total. The molecule has 1 heterocycles. The maximum atomic E-state index is 12.8. The van der Waals surface area contributed by atoms with E-state index in [1.807, 2.05) is 11.0 Å². The Labute approximate surface area is 131 Å². The van der Waals surface area contributed by atoms with Crippen molar-refractivity contribution in [3.05, 3.63) is 34.9 Å². The molecule has 2 fully saturated rings. The molecule has 3 rings (SSSR count). The summed E-state index contributed by atoms with van der Waals surface area (Å²) in [5.41, 5.74) is 3.71. The average molecular weight is 301 g/mol. The summed E-state index contributed by atoms with van der Waals surface area (Å²) in [6, 6.07) is 6.35. The highest BCUT2D eigenvalue weighted by Crippen LogP contribution is 2.41. The summed E-state index contributed by atoms with van der Waals surface area (Å²) in [4.78, 5) is 25.9. The quantitative estimate of drug-likeness (QED) is 0.933. The molecule has 22 heavy (non-hydrogen) atoms. The minimum Gasteiger partial charge on any atom is -0.481 e. The number of amides is 1. The van der Waals surface area contributed by atoms with Crippen molar-refractivity contribution in [2.24, 2.45) is 11.8 Å². The Morgan fingerprint density at radius 3 is 2.50 bits per heavy atom. The number of rotatable bonds is 3. The molecule has 1 saturated heterocycles. The first-order chi connectivity index (χ1) is 10.5. The molecule has 118 valence electrons. The van der Waals surface area contributed by atoms with E-state index in [-0.39, 0.29) is 17.9 Å². The second kappa shape index (κ2) is 5.75. The van der Waals surface area contributed by atoms with Gasteiger partial charge in [-0.15, -0.1) is 0 Å². The largest absolute Gasteiger partial charge is 0.481 e. The standard InChI is InChI=1S/C18H23NO3/c1-11-5-3-6-13(12(11)2)16-7-4-10-19(16)17(20)14-8-9-15(14)18(21)22/h3,5-6,14-16H,4,7-10H2,1-2H3,(H,21,22). The number of hydrogen-bond acceptors (Lipinski definition) is 2. The molecule has 2 aliphatic rings. The first-order valence-corrected chi connectivity index (χ1v) is 8.10. The maximum Gasteiger partial charge on any atom is 0.307 e. The van der Waals surface area contributed by atoms with Gasteiger partial charge in [-0.1, -0.05) is 18.2 Å². The fraction of sp³-hybridized carbons (Fsp3) is 0.556. The van der Waals surface area contributed by atoms with Gasteiger partial charge in [0.2, 0.25) is 5.91 Å². The SMILES string of the molecule is Cc1cccc(C2CCCN2C(=O)C2CCC2C(=O)O)c1C. The normalized spacial score (nSPS) is 27.5. The maximum absolute atomic E-state index is 12.8. The molecule has 1 aliphatic heterocycles. The van der Waals surface area contributed by atoms with E-state index in [0.29, 0.717) is 12.8 Å². The smallest absolute Gasteiger partial charge is 0.307 e. The van der Waals surface area contributed by atoms with Gasteiger partial charge in [0.25, 0.3) is 0 Å². The van der Waals surface area contributed by atoms with Crippen molar-refractivity contribution in [3.63, 3.8) is 0 Å². The number of hydrogen-bond donors (Lipinski definition) is 1. The molecule has 0 aromatic heterocycles.